The summed E-state index contributed by atoms with van der Waals surface area (Å²) in [5.74, 6) is -0.895. The molecule has 0 bridgehead atoms. The molecule has 1 atom stereocenters. The van der Waals surface area contributed by atoms with Crippen molar-refractivity contribution in [1.29, 1.82) is 0 Å². The Balaban J connectivity index is 2.06. The van der Waals surface area contributed by atoms with Crippen molar-refractivity contribution in [3.63, 3.8) is 0 Å². The average molecular weight is 536 g/mol. The van der Waals surface area contributed by atoms with Gasteiger partial charge in [-0.25, -0.2) is 17.5 Å². The lowest BCUT2D eigenvalue weighted by atomic mass is 10.1. The number of amides is 2. The van der Waals surface area contributed by atoms with Gasteiger partial charge in [0.05, 0.1) is 11.0 Å². The number of rotatable bonds is 15. The van der Waals surface area contributed by atoms with E-state index in [9.17, 15) is 22.4 Å². The van der Waals surface area contributed by atoms with E-state index in [-0.39, 0.29) is 41.6 Å². The molecule has 1 unspecified atom stereocenters. The number of hydrogen-bond donors (Lipinski definition) is 2. The molecular weight excluding hydrogens is 497 g/mol. The van der Waals surface area contributed by atoms with E-state index in [4.69, 9.17) is 4.74 Å². The van der Waals surface area contributed by atoms with Crippen LogP contribution in [0, 0.1) is 5.82 Å². The molecule has 10 heteroatoms. The van der Waals surface area contributed by atoms with Crippen LogP contribution in [0.4, 0.5) is 4.39 Å². The molecule has 0 saturated heterocycles. The first-order chi connectivity index (χ1) is 17.5. The topological polar surface area (TPSA) is 105 Å². The fourth-order valence-electron chi connectivity index (χ4n) is 3.62. The number of nitrogens with zero attached hydrogens (tertiary/aromatic N) is 1. The second-order valence-electron chi connectivity index (χ2n) is 9.03. The van der Waals surface area contributed by atoms with Gasteiger partial charge in [-0.2, -0.15) is 0 Å². The van der Waals surface area contributed by atoms with Gasteiger partial charge in [-0.3, -0.25) is 9.59 Å². The molecule has 0 aliphatic heterocycles. The summed E-state index contributed by atoms with van der Waals surface area (Å²) in [5.41, 5.74) is 1.51. The highest BCUT2D eigenvalue weighted by Crippen LogP contribution is 2.15. The van der Waals surface area contributed by atoms with Gasteiger partial charge in [0.2, 0.25) is 21.8 Å². The van der Waals surface area contributed by atoms with Crippen LogP contribution in [-0.2, 0) is 37.3 Å². The fourth-order valence-corrected chi connectivity index (χ4v) is 4.66. The quantitative estimate of drug-likeness (QED) is 0.340. The van der Waals surface area contributed by atoms with Crippen molar-refractivity contribution in [1.82, 2.24) is 14.9 Å². The molecule has 37 heavy (non-hydrogen) atoms. The third-order valence-corrected chi connectivity index (χ3v) is 7.26. The summed E-state index contributed by atoms with van der Waals surface area (Å²) in [4.78, 5) is 27.7. The molecule has 0 spiro atoms. The molecule has 0 heterocycles. The van der Waals surface area contributed by atoms with Crippen LogP contribution < -0.4 is 10.0 Å². The number of aryl methyl sites for hydroxylation is 1. The Morgan fingerprint density at radius 2 is 1.62 bits per heavy atom. The smallest absolute Gasteiger partial charge is 0.242 e. The van der Waals surface area contributed by atoms with Crippen LogP contribution >= 0.6 is 0 Å². The Labute approximate surface area is 219 Å². The van der Waals surface area contributed by atoms with Crippen molar-refractivity contribution in [2.24, 2.45) is 0 Å². The Morgan fingerprint density at radius 3 is 2.22 bits per heavy atom. The number of sulfonamides is 1. The Hall–Kier alpha value is -2.82. The fraction of sp³-hybridized carbons (Fsp3) is 0.481. The van der Waals surface area contributed by atoms with Gasteiger partial charge in [-0.1, -0.05) is 31.2 Å². The highest BCUT2D eigenvalue weighted by Gasteiger charge is 2.26. The zero-order valence-corrected chi connectivity index (χ0v) is 22.8. The van der Waals surface area contributed by atoms with Crippen LogP contribution in [0.5, 0.6) is 0 Å². The molecular formula is C27H38FN3O5S. The minimum atomic E-state index is -3.55. The van der Waals surface area contributed by atoms with Gasteiger partial charge in [-0.15, -0.1) is 0 Å². The molecule has 2 rings (SSSR count). The maximum atomic E-state index is 13.4. The second kappa shape index (κ2) is 14.8. The minimum Gasteiger partial charge on any atom is -0.379 e. The Morgan fingerprint density at radius 1 is 1.00 bits per heavy atom. The van der Waals surface area contributed by atoms with Crippen LogP contribution in [0.25, 0.3) is 0 Å². The van der Waals surface area contributed by atoms with Gasteiger partial charge in [0.25, 0.3) is 0 Å². The molecule has 2 aromatic rings. The van der Waals surface area contributed by atoms with Gasteiger partial charge >= 0.3 is 0 Å². The third-order valence-electron chi connectivity index (χ3n) is 5.70. The summed E-state index contributed by atoms with van der Waals surface area (Å²) in [7, 11) is -3.55. The van der Waals surface area contributed by atoms with Gasteiger partial charge < -0.3 is 15.0 Å². The maximum absolute atomic E-state index is 13.4. The van der Waals surface area contributed by atoms with Crippen molar-refractivity contribution in [3.05, 3.63) is 65.5 Å². The van der Waals surface area contributed by atoms with Gasteiger partial charge in [-0.05, 0) is 69.0 Å². The zero-order valence-electron chi connectivity index (χ0n) is 22.0. The van der Waals surface area contributed by atoms with Gasteiger partial charge in [0.1, 0.15) is 11.9 Å². The lowest BCUT2D eigenvalue weighted by Gasteiger charge is -2.29. The Kier molecular flexibility index (Phi) is 12.2. The molecule has 2 aromatic carbocycles. The zero-order chi connectivity index (χ0) is 27.4. The van der Waals surface area contributed by atoms with Crippen LogP contribution in [0.3, 0.4) is 0 Å². The van der Waals surface area contributed by atoms with Crippen molar-refractivity contribution in [3.8, 4) is 0 Å². The predicted octanol–water partition coefficient (Wildman–Crippen LogP) is 3.41. The van der Waals surface area contributed by atoms with Crippen molar-refractivity contribution < 1.29 is 27.1 Å². The normalized spacial score (nSPS) is 12.4. The lowest BCUT2D eigenvalue weighted by molar-refractivity contribution is -0.140. The number of nitrogens with one attached hydrogen (secondary N) is 2. The van der Waals surface area contributed by atoms with Crippen LogP contribution in [0.2, 0.25) is 0 Å². The molecule has 0 saturated carbocycles. The first-order valence-corrected chi connectivity index (χ1v) is 14.0. The molecule has 0 aliphatic rings. The van der Waals surface area contributed by atoms with Crippen LogP contribution in [0.1, 0.15) is 51.7 Å². The number of benzene rings is 2. The summed E-state index contributed by atoms with van der Waals surface area (Å²) in [6.45, 7) is 8.67. The van der Waals surface area contributed by atoms with Gasteiger partial charge in [0, 0.05) is 32.7 Å². The van der Waals surface area contributed by atoms with Crippen molar-refractivity contribution >= 4 is 21.8 Å². The van der Waals surface area contributed by atoms with E-state index in [1.165, 1.54) is 29.2 Å². The van der Waals surface area contributed by atoms with Crippen LogP contribution in [-0.4, -0.2) is 57.0 Å². The lowest BCUT2D eigenvalue weighted by Crippen LogP contribution is -2.48. The average Bonchev–Trinajstić information content (AvgIpc) is 2.86. The molecule has 2 amide bonds. The maximum Gasteiger partial charge on any atom is 0.242 e. The SMILES string of the molecule is CCNS(=O)(=O)c1ccc(CCC(=O)N(Cc2ccc(F)cc2)C(C)C(=O)NCCCOC(C)C)cc1. The number of carbonyl (C=O) groups excluding carboxylic acids is 2. The van der Waals surface area contributed by atoms with Gasteiger partial charge in [0.15, 0.2) is 0 Å². The van der Waals surface area contributed by atoms with E-state index in [0.29, 0.717) is 38.1 Å². The molecule has 0 radical (unpaired) electrons. The second-order valence-corrected chi connectivity index (χ2v) is 10.8. The molecule has 204 valence electrons. The van der Waals surface area contributed by atoms with Crippen molar-refractivity contribution in [2.45, 2.75) is 70.5 Å². The molecule has 8 nitrogen and oxygen atoms in total. The summed E-state index contributed by atoms with van der Waals surface area (Å²) >= 11 is 0. The number of halogens is 1. The number of hydrogen-bond acceptors (Lipinski definition) is 5. The number of carbonyl (C=O) groups is 2. The van der Waals surface area contributed by atoms with E-state index in [0.717, 1.165) is 5.56 Å². The molecule has 0 aliphatic carbocycles. The Bertz CT molecular complexity index is 1110. The monoisotopic (exact) mass is 535 g/mol. The summed E-state index contributed by atoms with van der Waals surface area (Å²) < 4.78 is 45.6. The highest BCUT2D eigenvalue weighted by atomic mass is 32.2. The first kappa shape index (κ1) is 30.4. The third kappa shape index (κ3) is 10.2. The van der Waals surface area contributed by atoms with E-state index >= 15 is 0 Å². The van der Waals surface area contributed by atoms with Crippen molar-refractivity contribution in [2.75, 3.05) is 19.7 Å². The first-order valence-electron chi connectivity index (χ1n) is 12.5. The summed E-state index contributed by atoms with van der Waals surface area (Å²) in [6, 6.07) is 11.5. The van der Waals surface area contributed by atoms with E-state index in [1.807, 2.05) is 13.8 Å². The minimum absolute atomic E-state index is 0.118. The van der Waals surface area contributed by atoms with E-state index in [2.05, 4.69) is 10.0 Å². The largest absolute Gasteiger partial charge is 0.379 e. The molecule has 0 fully saturated rings. The van der Waals surface area contributed by atoms with E-state index < -0.39 is 16.1 Å². The molecule has 0 aromatic heterocycles. The standard InChI is InChI=1S/C27H38FN3O5S/c1-5-30-37(34,35)25-14-9-22(10-15-25)11-16-26(32)31(19-23-7-12-24(28)13-8-23)21(4)27(33)29-17-6-18-36-20(2)3/h7-10,12-15,20-21,30H,5-6,11,16-19H2,1-4H3,(H,29,33). The molecule has 2 N–H and O–H groups in total. The summed E-state index contributed by atoms with van der Waals surface area (Å²) in [5, 5.41) is 2.86. The number of ether oxygens (including phenoxy) is 1. The highest BCUT2D eigenvalue weighted by molar-refractivity contribution is 7.89. The summed E-state index contributed by atoms with van der Waals surface area (Å²) in [6.07, 6.45) is 1.27. The van der Waals surface area contributed by atoms with E-state index in [1.54, 1.807) is 38.1 Å². The van der Waals surface area contributed by atoms with Crippen LogP contribution in [0.15, 0.2) is 53.4 Å². The predicted molar refractivity (Wildman–Crippen MR) is 141 cm³/mol.